The molecular weight excluding hydrogens is 510 g/mol. The first-order chi connectivity index (χ1) is 18.3. The highest BCUT2D eigenvalue weighted by atomic mass is 35.5. The fourth-order valence-electron chi connectivity index (χ4n) is 4.48. The van der Waals surface area contributed by atoms with Gasteiger partial charge >= 0.3 is 5.97 Å². The van der Waals surface area contributed by atoms with Crippen molar-refractivity contribution in [3.63, 3.8) is 0 Å². The van der Waals surface area contributed by atoms with Crippen LogP contribution >= 0.6 is 11.6 Å². The van der Waals surface area contributed by atoms with Crippen LogP contribution in [0.3, 0.4) is 0 Å². The van der Waals surface area contributed by atoms with Crippen molar-refractivity contribution in [1.29, 1.82) is 0 Å². The molecule has 3 aromatic carbocycles. The second-order valence-corrected chi connectivity index (χ2v) is 9.53. The van der Waals surface area contributed by atoms with Crippen molar-refractivity contribution in [3.05, 3.63) is 94.0 Å². The van der Waals surface area contributed by atoms with Crippen LogP contribution in [0.1, 0.15) is 40.1 Å². The SMILES string of the molecule is CCOc1ccc(Cc2cc([C@@H]3O[C@H](CNc4cccc(C(=O)OC)c4)[C@H](O)[C@@H](O)[C@H]3O)ccc2Cl)cc1. The summed E-state index contributed by atoms with van der Waals surface area (Å²) in [6.45, 7) is 2.65. The topological polar surface area (TPSA) is 117 Å². The van der Waals surface area contributed by atoms with Crippen LogP contribution in [0.15, 0.2) is 66.7 Å². The molecule has 0 amide bonds. The van der Waals surface area contributed by atoms with E-state index >= 15 is 0 Å². The van der Waals surface area contributed by atoms with Gasteiger partial charge < -0.3 is 34.8 Å². The van der Waals surface area contributed by atoms with Crippen LogP contribution in [-0.2, 0) is 15.9 Å². The second kappa shape index (κ2) is 12.6. The number of benzene rings is 3. The summed E-state index contributed by atoms with van der Waals surface area (Å²) in [5.74, 6) is 0.323. The first-order valence-corrected chi connectivity index (χ1v) is 12.8. The minimum absolute atomic E-state index is 0.124. The molecule has 0 aromatic heterocycles. The van der Waals surface area contributed by atoms with Gasteiger partial charge in [-0.1, -0.05) is 41.9 Å². The highest BCUT2D eigenvalue weighted by Gasteiger charge is 2.44. The lowest BCUT2D eigenvalue weighted by Crippen LogP contribution is -2.56. The Morgan fingerprint density at radius 1 is 1.00 bits per heavy atom. The van der Waals surface area contributed by atoms with Gasteiger partial charge in [0.2, 0.25) is 0 Å². The molecule has 1 fully saturated rings. The number of rotatable bonds is 9. The van der Waals surface area contributed by atoms with E-state index in [2.05, 4.69) is 5.32 Å². The van der Waals surface area contributed by atoms with Crippen molar-refractivity contribution in [2.45, 2.75) is 43.9 Å². The van der Waals surface area contributed by atoms with E-state index in [9.17, 15) is 20.1 Å². The van der Waals surface area contributed by atoms with E-state index in [-0.39, 0.29) is 6.54 Å². The van der Waals surface area contributed by atoms with Gasteiger partial charge in [-0.2, -0.15) is 0 Å². The minimum atomic E-state index is -1.42. The van der Waals surface area contributed by atoms with Gasteiger partial charge in [0.1, 0.15) is 36.3 Å². The number of halogens is 1. The molecule has 9 heteroatoms. The highest BCUT2D eigenvalue weighted by Crippen LogP contribution is 2.35. The third-order valence-corrected chi connectivity index (χ3v) is 6.90. The van der Waals surface area contributed by atoms with Crippen LogP contribution in [-0.4, -0.2) is 66.0 Å². The van der Waals surface area contributed by atoms with Gasteiger partial charge in [0.05, 0.1) is 19.3 Å². The Balaban J connectivity index is 1.49. The molecular formula is C29H32ClNO7. The summed E-state index contributed by atoms with van der Waals surface area (Å²) in [7, 11) is 1.31. The number of esters is 1. The molecule has 38 heavy (non-hydrogen) atoms. The smallest absolute Gasteiger partial charge is 0.337 e. The maximum absolute atomic E-state index is 11.8. The van der Waals surface area contributed by atoms with Crippen LogP contribution in [0.25, 0.3) is 0 Å². The normalized spacial score (nSPS) is 23.1. The summed E-state index contributed by atoms with van der Waals surface area (Å²) < 4.78 is 16.4. The van der Waals surface area contributed by atoms with E-state index < -0.39 is 36.5 Å². The second-order valence-electron chi connectivity index (χ2n) is 9.12. The summed E-state index contributed by atoms with van der Waals surface area (Å²) in [4.78, 5) is 11.8. The van der Waals surface area contributed by atoms with Crippen molar-refractivity contribution >= 4 is 23.3 Å². The standard InChI is InChI=1S/C29H32ClNO7/c1-3-37-22-10-7-17(8-11-22)13-20-14-18(9-12-23(20)30)28-27(34)26(33)25(32)24(38-28)16-31-21-6-4-5-19(15-21)29(35)36-2/h4-12,14-15,24-28,31-34H,3,13,16H2,1-2H3/t24-,25+,26-,27-,28+/m1/s1. The fraction of sp³-hybridized carbons (Fsp3) is 0.345. The van der Waals surface area contributed by atoms with Crippen molar-refractivity contribution < 1.29 is 34.3 Å². The molecule has 8 nitrogen and oxygen atoms in total. The van der Waals surface area contributed by atoms with E-state index in [0.29, 0.717) is 34.9 Å². The number of aliphatic hydroxyl groups is 3. The highest BCUT2D eigenvalue weighted by molar-refractivity contribution is 6.31. The third-order valence-electron chi connectivity index (χ3n) is 6.53. The summed E-state index contributed by atoms with van der Waals surface area (Å²) in [5, 5.41) is 35.7. The predicted octanol–water partition coefficient (Wildman–Crippen LogP) is 3.75. The largest absolute Gasteiger partial charge is 0.494 e. The van der Waals surface area contributed by atoms with Gasteiger partial charge in [-0.15, -0.1) is 0 Å². The first kappa shape index (κ1) is 27.9. The van der Waals surface area contributed by atoms with E-state index in [0.717, 1.165) is 16.9 Å². The number of hydrogen-bond donors (Lipinski definition) is 4. The number of ether oxygens (including phenoxy) is 3. The Bertz CT molecular complexity index is 1240. The lowest BCUT2D eigenvalue weighted by atomic mass is 9.90. The molecule has 1 aliphatic heterocycles. The lowest BCUT2D eigenvalue weighted by Gasteiger charge is -2.41. The van der Waals surface area contributed by atoms with E-state index in [1.54, 1.807) is 36.4 Å². The molecule has 0 bridgehead atoms. The quantitative estimate of drug-likeness (QED) is 0.303. The van der Waals surface area contributed by atoms with E-state index in [1.807, 2.05) is 37.3 Å². The summed E-state index contributed by atoms with van der Waals surface area (Å²) in [6.07, 6.45) is -5.28. The number of hydrogen-bond acceptors (Lipinski definition) is 8. The Hall–Kier alpha value is -3.14. The Kier molecular flexibility index (Phi) is 9.25. The molecule has 4 rings (SSSR count). The first-order valence-electron chi connectivity index (χ1n) is 12.4. The van der Waals surface area contributed by atoms with Crippen molar-refractivity contribution in [2.24, 2.45) is 0 Å². The van der Waals surface area contributed by atoms with Crippen LogP contribution in [0.5, 0.6) is 5.75 Å². The van der Waals surface area contributed by atoms with Gasteiger partial charge in [-0.05, 0) is 66.4 Å². The van der Waals surface area contributed by atoms with Crippen LogP contribution in [0, 0.1) is 0 Å². The van der Waals surface area contributed by atoms with Crippen molar-refractivity contribution in [1.82, 2.24) is 0 Å². The maximum atomic E-state index is 11.8. The molecule has 1 aliphatic rings. The summed E-state index contributed by atoms with van der Waals surface area (Å²) in [5.41, 5.74) is 3.48. The number of carbonyl (C=O) groups excluding carboxylic acids is 1. The molecule has 1 saturated heterocycles. The monoisotopic (exact) mass is 541 g/mol. The zero-order chi connectivity index (χ0) is 27.2. The molecule has 0 aliphatic carbocycles. The molecule has 4 N–H and O–H groups in total. The fourth-order valence-corrected chi connectivity index (χ4v) is 4.67. The van der Waals surface area contributed by atoms with E-state index in [1.165, 1.54) is 7.11 Å². The number of methoxy groups -OCH3 is 1. The zero-order valence-electron chi connectivity index (χ0n) is 21.2. The Labute approximate surface area is 226 Å². The van der Waals surface area contributed by atoms with Crippen molar-refractivity contribution in [3.8, 4) is 5.75 Å². The predicted molar refractivity (Wildman–Crippen MR) is 144 cm³/mol. The molecule has 3 aromatic rings. The lowest BCUT2D eigenvalue weighted by molar-refractivity contribution is -0.220. The Morgan fingerprint density at radius 2 is 1.76 bits per heavy atom. The average molecular weight is 542 g/mol. The molecule has 0 saturated carbocycles. The Morgan fingerprint density at radius 3 is 2.47 bits per heavy atom. The number of nitrogens with one attached hydrogen (secondary N) is 1. The molecule has 0 spiro atoms. The van der Waals surface area contributed by atoms with Gasteiger partial charge in [0.15, 0.2) is 0 Å². The molecule has 5 atom stereocenters. The third kappa shape index (κ3) is 6.46. The number of carbonyl (C=O) groups is 1. The average Bonchev–Trinajstić information content (AvgIpc) is 2.93. The summed E-state index contributed by atoms with van der Waals surface area (Å²) >= 11 is 6.49. The summed E-state index contributed by atoms with van der Waals surface area (Å²) in [6, 6.07) is 19.8. The molecule has 0 unspecified atom stereocenters. The molecule has 1 heterocycles. The van der Waals surface area contributed by atoms with Gasteiger partial charge in [0.25, 0.3) is 0 Å². The molecule has 0 radical (unpaired) electrons. The van der Waals surface area contributed by atoms with Gasteiger partial charge in [0, 0.05) is 17.3 Å². The van der Waals surface area contributed by atoms with Crippen LogP contribution < -0.4 is 10.1 Å². The number of anilines is 1. The maximum Gasteiger partial charge on any atom is 0.337 e. The van der Waals surface area contributed by atoms with Gasteiger partial charge in [-0.25, -0.2) is 4.79 Å². The molecule has 202 valence electrons. The van der Waals surface area contributed by atoms with Crippen LogP contribution in [0.2, 0.25) is 5.02 Å². The van der Waals surface area contributed by atoms with Crippen molar-refractivity contribution in [2.75, 3.05) is 25.6 Å². The zero-order valence-corrected chi connectivity index (χ0v) is 22.0. The minimum Gasteiger partial charge on any atom is -0.494 e. The number of aliphatic hydroxyl groups excluding tert-OH is 3. The van der Waals surface area contributed by atoms with E-state index in [4.69, 9.17) is 25.8 Å². The van der Waals surface area contributed by atoms with Crippen LogP contribution in [0.4, 0.5) is 5.69 Å². The van der Waals surface area contributed by atoms with Gasteiger partial charge in [-0.3, -0.25) is 0 Å².